The van der Waals surface area contributed by atoms with Crippen molar-refractivity contribution in [3.05, 3.63) is 51.1 Å². The maximum atomic E-state index is 10.6. The fourth-order valence-electron chi connectivity index (χ4n) is 1.73. The molecule has 0 saturated carbocycles. The van der Waals surface area contributed by atoms with E-state index in [1.165, 1.54) is 40.9 Å². The zero-order valence-electron chi connectivity index (χ0n) is 10.4. The van der Waals surface area contributed by atoms with Crippen LogP contribution in [0.3, 0.4) is 0 Å². The summed E-state index contributed by atoms with van der Waals surface area (Å²) in [7, 11) is 0. The van der Waals surface area contributed by atoms with Crippen molar-refractivity contribution in [3.63, 3.8) is 0 Å². The summed E-state index contributed by atoms with van der Waals surface area (Å²) in [6, 6.07) is 0. The Hall–Kier alpha value is -2.42. The van der Waals surface area contributed by atoms with E-state index in [2.05, 4.69) is 10.1 Å². The number of nitrogens with zero attached hydrogens (tertiary/aromatic N) is 4. The summed E-state index contributed by atoms with van der Waals surface area (Å²) in [5, 5.41) is 15.2. The Bertz CT molecular complexity index is 670. The average molecular weight is 294 g/mol. The van der Waals surface area contributed by atoms with Crippen molar-refractivity contribution >= 4 is 17.0 Å². The lowest BCUT2D eigenvalue weighted by atomic mass is 10.3. The van der Waals surface area contributed by atoms with E-state index in [9.17, 15) is 10.1 Å². The molecular formula is C11H10N4O4S. The van der Waals surface area contributed by atoms with E-state index in [-0.39, 0.29) is 5.69 Å². The monoisotopic (exact) mass is 294 g/mol. The number of ether oxygens (including phenoxy) is 2. The molecule has 3 heterocycles. The molecule has 3 rings (SSSR count). The van der Waals surface area contributed by atoms with E-state index in [0.717, 1.165) is 4.88 Å². The lowest BCUT2D eigenvalue weighted by Crippen LogP contribution is -2.21. The highest BCUT2D eigenvalue weighted by Gasteiger charge is 2.35. The first-order valence-corrected chi connectivity index (χ1v) is 6.51. The van der Waals surface area contributed by atoms with Crippen LogP contribution in [-0.2, 0) is 21.8 Å². The van der Waals surface area contributed by atoms with Gasteiger partial charge in [0.25, 0.3) is 0 Å². The van der Waals surface area contributed by atoms with E-state index < -0.39 is 10.7 Å². The third kappa shape index (κ3) is 2.23. The molecule has 0 spiro atoms. The molecule has 0 amide bonds. The lowest BCUT2D eigenvalue weighted by molar-refractivity contribution is -0.385. The standard InChI is InChI=1S/C11H10N4O4S/c1-11(18-2-3-19-11)10-12-5-9(20-10)7-14-6-8(4-13-14)15(16)17/h2-6H,7H2,1H3. The summed E-state index contributed by atoms with van der Waals surface area (Å²) < 4.78 is 12.2. The number of hydrogen-bond donors (Lipinski definition) is 0. The van der Waals surface area contributed by atoms with E-state index in [1.807, 2.05) is 0 Å². The van der Waals surface area contributed by atoms with Crippen LogP contribution < -0.4 is 0 Å². The number of nitro groups is 1. The van der Waals surface area contributed by atoms with Gasteiger partial charge in [-0.1, -0.05) is 0 Å². The van der Waals surface area contributed by atoms with Crippen LogP contribution in [0.4, 0.5) is 5.69 Å². The van der Waals surface area contributed by atoms with Gasteiger partial charge in [-0.2, -0.15) is 5.10 Å². The van der Waals surface area contributed by atoms with Gasteiger partial charge in [0.2, 0.25) is 0 Å². The van der Waals surface area contributed by atoms with Crippen LogP contribution in [0.15, 0.2) is 31.1 Å². The lowest BCUT2D eigenvalue weighted by Gasteiger charge is -2.19. The molecule has 1 aliphatic rings. The second-order valence-corrected chi connectivity index (χ2v) is 5.35. The Kier molecular flexibility index (Phi) is 2.90. The largest absolute Gasteiger partial charge is 0.451 e. The van der Waals surface area contributed by atoms with Crippen molar-refractivity contribution in [2.24, 2.45) is 0 Å². The van der Waals surface area contributed by atoms with Crippen molar-refractivity contribution in [1.82, 2.24) is 14.8 Å². The predicted octanol–water partition coefficient (Wildman–Crippen LogP) is 1.99. The molecule has 0 aliphatic carbocycles. The van der Waals surface area contributed by atoms with Crippen molar-refractivity contribution in [3.8, 4) is 0 Å². The molecule has 104 valence electrons. The molecule has 9 heteroatoms. The van der Waals surface area contributed by atoms with Gasteiger partial charge < -0.3 is 9.47 Å². The Labute approximate surface area is 117 Å². The number of thiazole rings is 1. The summed E-state index contributed by atoms with van der Waals surface area (Å²) in [5.74, 6) is -0.890. The summed E-state index contributed by atoms with van der Waals surface area (Å²) >= 11 is 1.41. The maximum Gasteiger partial charge on any atom is 0.307 e. The second kappa shape index (κ2) is 4.60. The van der Waals surface area contributed by atoms with Crippen LogP contribution in [0.2, 0.25) is 0 Å². The number of rotatable bonds is 4. The third-order valence-corrected chi connectivity index (χ3v) is 3.90. The highest BCUT2D eigenvalue weighted by atomic mass is 32.1. The molecule has 1 aliphatic heterocycles. The van der Waals surface area contributed by atoms with Gasteiger partial charge in [0, 0.05) is 18.0 Å². The normalized spacial score (nSPS) is 15.8. The van der Waals surface area contributed by atoms with Crippen molar-refractivity contribution < 1.29 is 14.4 Å². The Morgan fingerprint density at radius 3 is 2.85 bits per heavy atom. The smallest absolute Gasteiger partial charge is 0.307 e. The van der Waals surface area contributed by atoms with E-state index in [4.69, 9.17) is 9.47 Å². The number of aromatic nitrogens is 3. The fourth-order valence-corrected chi connectivity index (χ4v) is 2.67. The molecule has 0 N–H and O–H groups in total. The summed E-state index contributed by atoms with van der Waals surface area (Å²) in [5.41, 5.74) is -0.0339. The van der Waals surface area contributed by atoms with Gasteiger partial charge in [0.15, 0.2) is 5.01 Å². The van der Waals surface area contributed by atoms with Gasteiger partial charge in [-0.15, -0.1) is 11.3 Å². The Morgan fingerprint density at radius 1 is 1.45 bits per heavy atom. The van der Waals surface area contributed by atoms with Crippen molar-refractivity contribution in [2.75, 3.05) is 0 Å². The van der Waals surface area contributed by atoms with Gasteiger partial charge in [-0.3, -0.25) is 14.8 Å². The molecule has 0 radical (unpaired) electrons. The predicted molar refractivity (Wildman–Crippen MR) is 68.8 cm³/mol. The maximum absolute atomic E-state index is 10.6. The zero-order valence-corrected chi connectivity index (χ0v) is 11.2. The first-order valence-electron chi connectivity index (χ1n) is 5.69. The molecule has 0 aromatic carbocycles. The Morgan fingerprint density at radius 2 is 2.20 bits per heavy atom. The summed E-state index contributed by atoms with van der Waals surface area (Å²) in [4.78, 5) is 15.3. The Balaban J connectivity index is 1.75. The molecule has 8 nitrogen and oxygen atoms in total. The average Bonchev–Trinajstić information content (AvgIpc) is 3.10. The molecule has 20 heavy (non-hydrogen) atoms. The van der Waals surface area contributed by atoms with E-state index in [1.54, 1.807) is 13.1 Å². The highest BCUT2D eigenvalue weighted by Crippen LogP contribution is 2.34. The first-order chi connectivity index (χ1) is 9.57. The minimum absolute atomic E-state index is 0.0339. The van der Waals surface area contributed by atoms with Gasteiger partial charge in [0.05, 0.1) is 11.5 Å². The van der Waals surface area contributed by atoms with Gasteiger partial charge in [0.1, 0.15) is 24.9 Å². The zero-order chi connectivity index (χ0) is 14.2. The van der Waals surface area contributed by atoms with Crippen LogP contribution in [0, 0.1) is 10.1 Å². The van der Waals surface area contributed by atoms with E-state index in [0.29, 0.717) is 11.6 Å². The van der Waals surface area contributed by atoms with Crippen LogP contribution >= 0.6 is 11.3 Å². The molecule has 2 aromatic rings. The van der Waals surface area contributed by atoms with Gasteiger partial charge >= 0.3 is 11.5 Å². The minimum Gasteiger partial charge on any atom is -0.451 e. The molecule has 2 aromatic heterocycles. The van der Waals surface area contributed by atoms with Crippen LogP contribution in [-0.4, -0.2) is 19.7 Å². The van der Waals surface area contributed by atoms with Gasteiger partial charge in [-0.25, -0.2) is 4.98 Å². The summed E-state index contributed by atoms with van der Waals surface area (Å²) in [6.45, 7) is 2.18. The molecule has 0 atom stereocenters. The van der Waals surface area contributed by atoms with Crippen LogP contribution in [0.1, 0.15) is 16.8 Å². The SMILES string of the molecule is CC1(c2ncc(Cn3cc([N+](=O)[O-])cn3)s2)OC=CO1. The molecule has 0 bridgehead atoms. The van der Waals surface area contributed by atoms with E-state index >= 15 is 0 Å². The van der Waals surface area contributed by atoms with Gasteiger partial charge in [-0.05, 0) is 0 Å². The topological polar surface area (TPSA) is 92.3 Å². The quantitative estimate of drug-likeness (QED) is 0.632. The summed E-state index contributed by atoms with van der Waals surface area (Å²) in [6.07, 6.45) is 7.22. The third-order valence-electron chi connectivity index (χ3n) is 2.73. The fraction of sp³-hybridized carbons (Fsp3) is 0.273. The minimum atomic E-state index is -0.890. The molecular weight excluding hydrogens is 284 g/mol. The van der Waals surface area contributed by atoms with Crippen molar-refractivity contribution in [2.45, 2.75) is 19.3 Å². The first kappa shape index (κ1) is 12.6. The second-order valence-electron chi connectivity index (χ2n) is 4.24. The highest BCUT2D eigenvalue weighted by molar-refractivity contribution is 7.11. The van der Waals surface area contributed by atoms with Crippen LogP contribution in [0.5, 0.6) is 0 Å². The number of hydrogen-bond acceptors (Lipinski definition) is 7. The molecule has 0 saturated heterocycles. The molecule has 0 fully saturated rings. The molecule has 0 unspecified atom stereocenters. The van der Waals surface area contributed by atoms with Crippen molar-refractivity contribution in [1.29, 1.82) is 0 Å². The van der Waals surface area contributed by atoms with Crippen LogP contribution in [0.25, 0.3) is 0 Å².